The van der Waals surface area contributed by atoms with E-state index < -0.39 is 0 Å². The molecule has 2 aromatic rings. The van der Waals surface area contributed by atoms with Gasteiger partial charge >= 0.3 is 0 Å². The normalized spacial score (nSPS) is 11.9. The highest BCUT2D eigenvalue weighted by Crippen LogP contribution is 2.31. The summed E-state index contributed by atoms with van der Waals surface area (Å²) < 4.78 is 18.9. The Morgan fingerprint density at radius 3 is 2.58 bits per heavy atom. The van der Waals surface area contributed by atoms with Gasteiger partial charge in [-0.1, -0.05) is 24.3 Å². The summed E-state index contributed by atoms with van der Waals surface area (Å²) in [5.41, 5.74) is 7.83. The lowest BCUT2D eigenvalue weighted by atomic mass is 10.1. The van der Waals surface area contributed by atoms with Crippen molar-refractivity contribution in [1.82, 2.24) is 0 Å². The predicted molar refractivity (Wildman–Crippen MR) is 75.8 cm³/mol. The number of anilines is 2. The Hall–Kier alpha value is -2.23. The number of halogens is 1. The molecule has 0 aliphatic heterocycles. The molecular formula is C15H17FN2O. The van der Waals surface area contributed by atoms with Gasteiger partial charge < -0.3 is 15.8 Å². The second-order valence-electron chi connectivity index (χ2n) is 4.31. The number of nitrogen functional groups attached to an aromatic ring is 1. The van der Waals surface area contributed by atoms with Crippen molar-refractivity contribution in [2.24, 2.45) is 0 Å². The van der Waals surface area contributed by atoms with Crippen molar-refractivity contribution >= 4 is 11.4 Å². The fraction of sp³-hybridized carbons (Fsp3) is 0.200. The van der Waals surface area contributed by atoms with Crippen molar-refractivity contribution in [3.63, 3.8) is 0 Å². The molecule has 0 aliphatic rings. The van der Waals surface area contributed by atoms with Crippen LogP contribution >= 0.6 is 0 Å². The largest absolute Gasteiger partial charge is 0.495 e. The minimum Gasteiger partial charge on any atom is -0.495 e. The van der Waals surface area contributed by atoms with Crippen LogP contribution in [0.25, 0.3) is 0 Å². The van der Waals surface area contributed by atoms with Gasteiger partial charge in [0.05, 0.1) is 24.5 Å². The van der Waals surface area contributed by atoms with Gasteiger partial charge in [-0.25, -0.2) is 4.39 Å². The van der Waals surface area contributed by atoms with Gasteiger partial charge in [0.1, 0.15) is 11.6 Å². The molecule has 2 aromatic carbocycles. The Morgan fingerprint density at radius 2 is 1.89 bits per heavy atom. The molecule has 4 heteroatoms. The first-order valence-corrected chi connectivity index (χ1v) is 6.07. The number of methoxy groups -OCH3 is 1. The van der Waals surface area contributed by atoms with Gasteiger partial charge in [-0.3, -0.25) is 0 Å². The fourth-order valence-electron chi connectivity index (χ4n) is 1.99. The maximum atomic E-state index is 13.7. The molecular weight excluding hydrogens is 243 g/mol. The number of hydrogen-bond acceptors (Lipinski definition) is 3. The molecule has 0 saturated carbocycles. The zero-order chi connectivity index (χ0) is 13.8. The van der Waals surface area contributed by atoms with Gasteiger partial charge in [0.2, 0.25) is 0 Å². The van der Waals surface area contributed by atoms with Crippen LogP contribution < -0.4 is 15.8 Å². The monoisotopic (exact) mass is 260 g/mol. The Labute approximate surface area is 112 Å². The molecule has 2 rings (SSSR count). The second kappa shape index (κ2) is 5.61. The molecule has 0 spiro atoms. The summed E-state index contributed by atoms with van der Waals surface area (Å²) in [7, 11) is 1.57. The predicted octanol–water partition coefficient (Wildman–Crippen LogP) is 3.59. The van der Waals surface area contributed by atoms with E-state index in [-0.39, 0.29) is 11.9 Å². The summed E-state index contributed by atoms with van der Waals surface area (Å²) in [6.45, 7) is 1.89. The molecule has 0 radical (unpaired) electrons. The number of nitrogens with one attached hydrogen (secondary N) is 1. The van der Waals surface area contributed by atoms with Crippen molar-refractivity contribution < 1.29 is 9.13 Å². The van der Waals surface area contributed by atoms with E-state index in [1.807, 2.05) is 25.1 Å². The summed E-state index contributed by atoms with van der Waals surface area (Å²) in [5.74, 6) is 0.370. The Kier molecular flexibility index (Phi) is 3.90. The van der Waals surface area contributed by atoms with Crippen LogP contribution in [0, 0.1) is 5.82 Å². The number of rotatable bonds is 4. The van der Waals surface area contributed by atoms with Crippen LogP contribution in [-0.4, -0.2) is 7.11 Å². The van der Waals surface area contributed by atoms with Gasteiger partial charge in [0.15, 0.2) is 0 Å². The molecule has 3 nitrogen and oxygen atoms in total. The second-order valence-corrected chi connectivity index (χ2v) is 4.31. The molecule has 0 saturated heterocycles. The van der Waals surface area contributed by atoms with Crippen molar-refractivity contribution in [2.75, 3.05) is 18.2 Å². The zero-order valence-corrected chi connectivity index (χ0v) is 11.0. The molecule has 19 heavy (non-hydrogen) atoms. The third kappa shape index (κ3) is 2.78. The molecule has 0 amide bonds. The van der Waals surface area contributed by atoms with E-state index in [4.69, 9.17) is 10.5 Å². The lowest BCUT2D eigenvalue weighted by Crippen LogP contribution is -2.10. The molecule has 0 heterocycles. The molecule has 0 aromatic heterocycles. The lowest BCUT2D eigenvalue weighted by Gasteiger charge is -2.18. The van der Waals surface area contributed by atoms with Crippen molar-refractivity contribution in [2.45, 2.75) is 13.0 Å². The minimum atomic E-state index is -0.232. The first-order chi connectivity index (χ1) is 9.13. The van der Waals surface area contributed by atoms with Gasteiger partial charge in [-0.05, 0) is 25.1 Å². The van der Waals surface area contributed by atoms with E-state index in [1.54, 1.807) is 25.3 Å². The van der Waals surface area contributed by atoms with Gasteiger partial charge in [-0.15, -0.1) is 0 Å². The summed E-state index contributed by atoms with van der Waals surface area (Å²) in [6.07, 6.45) is 0. The van der Waals surface area contributed by atoms with Crippen molar-refractivity contribution in [1.29, 1.82) is 0 Å². The number of hydrogen-bond donors (Lipinski definition) is 2. The molecule has 100 valence electrons. The number of benzene rings is 2. The lowest BCUT2D eigenvalue weighted by molar-refractivity contribution is 0.417. The molecule has 1 unspecified atom stereocenters. The maximum Gasteiger partial charge on any atom is 0.143 e. The molecule has 0 fully saturated rings. The van der Waals surface area contributed by atoms with Crippen LogP contribution in [0.15, 0.2) is 42.5 Å². The third-order valence-electron chi connectivity index (χ3n) is 3.03. The maximum absolute atomic E-state index is 13.7. The zero-order valence-electron chi connectivity index (χ0n) is 11.0. The van der Waals surface area contributed by atoms with E-state index in [9.17, 15) is 4.39 Å². The number of ether oxygens (including phenoxy) is 1. The number of para-hydroxylation sites is 1. The van der Waals surface area contributed by atoms with Crippen molar-refractivity contribution in [3.8, 4) is 5.75 Å². The average Bonchev–Trinajstić information content (AvgIpc) is 2.41. The van der Waals surface area contributed by atoms with Crippen molar-refractivity contribution in [3.05, 3.63) is 53.8 Å². The van der Waals surface area contributed by atoms with Crippen LogP contribution in [0.2, 0.25) is 0 Å². The fourth-order valence-corrected chi connectivity index (χ4v) is 1.99. The average molecular weight is 260 g/mol. The van der Waals surface area contributed by atoms with Crippen LogP contribution in [-0.2, 0) is 0 Å². The van der Waals surface area contributed by atoms with E-state index in [0.717, 1.165) is 5.69 Å². The molecule has 3 N–H and O–H groups in total. The number of nitrogens with two attached hydrogens (primary N) is 1. The Bertz CT molecular complexity index is 572. The van der Waals surface area contributed by atoms with Gasteiger partial charge in [0, 0.05) is 5.56 Å². The van der Waals surface area contributed by atoms with Gasteiger partial charge in [-0.2, -0.15) is 0 Å². The Balaban J connectivity index is 2.24. The van der Waals surface area contributed by atoms with E-state index >= 15 is 0 Å². The standard InChI is InChI=1S/C15H17FN2O/c1-10(11-6-3-4-7-12(11)16)18-13-8-5-9-14(19-2)15(13)17/h3-10,18H,17H2,1-2H3. The summed E-state index contributed by atoms with van der Waals surface area (Å²) in [5, 5.41) is 3.20. The highest BCUT2D eigenvalue weighted by atomic mass is 19.1. The van der Waals surface area contributed by atoms with Crippen LogP contribution in [0.3, 0.4) is 0 Å². The van der Waals surface area contributed by atoms with Gasteiger partial charge in [0.25, 0.3) is 0 Å². The minimum absolute atomic E-state index is 0.185. The molecule has 0 aliphatic carbocycles. The summed E-state index contributed by atoms with van der Waals surface area (Å²) >= 11 is 0. The molecule has 0 bridgehead atoms. The quantitative estimate of drug-likeness (QED) is 0.826. The van der Waals surface area contributed by atoms with Crippen LogP contribution in [0.4, 0.5) is 15.8 Å². The molecule has 1 atom stereocenters. The highest BCUT2D eigenvalue weighted by molar-refractivity contribution is 5.73. The van der Waals surface area contributed by atoms with Crippen LogP contribution in [0.5, 0.6) is 5.75 Å². The van der Waals surface area contributed by atoms with E-state index in [1.165, 1.54) is 6.07 Å². The third-order valence-corrected chi connectivity index (χ3v) is 3.03. The topological polar surface area (TPSA) is 47.3 Å². The van der Waals surface area contributed by atoms with Crippen LogP contribution in [0.1, 0.15) is 18.5 Å². The summed E-state index contributed by atoms with van der Waals surface area (Å²) in [4.78, 5) is 0. The first kappa shape index (κ1) is 13.2. The Morgan fingerprint density at radius 1 is 1.16 bits per heavy atom. The first-order valence-electron chi connectivity index (χ1n) is 6.07. The highest BCUT2D eigenvalue weighted by Gasteiger charge is 2.12. The smallest absolute Gasteiger partial charge is 0.143 e. The van der Waals surface area contributed by atoms with E-state index in [2.05, 4.69) is 5.32 Å². The summed E-state index contributed by atoms with van der Waals surface area (Å²) in [6, 6.07) is 12.0. The SMILES string of the molecule is COc1cccc(NC(C)c2ccccc2F)c1N. The van der Waals surface area contributed by atoms with E-state index in [0.29, 0.717) is 17.0 Å².